The Balaban J connectivity index is 1.63. The molecule has 4 heteroatoms. The summed E-state index contributed by atoms with van der Waals surface area (Å²) in [5.41, 5.74) is -0.619. The van der Waals surface area contributed by atoms with E-state index in [4.69, 9.17) is 4.74 Å². The lowest BCUT2D eigenvalue weighted by atomic mass is 9.79. The van der Waals surface area contributed by atoms with Crippen molar-refractivity contribution in [3.63, 3.8) is 0 Å². The molecular weight excluding hydrogens is 242 g/mol. The van der Waals surface area contributed by atoms with Gasteiger partial charge in [0.15, 0.2) is 0 Å². The fourth-order valence-electron chi connectivity index (χ4n) is 2.86. The maximum atomic E-state index is 11.6. The van der Waals surface area contributed by atoms with Gasteiger partial charge >= 0.3 is 5.97 Å². The van der Waals surface area contributed by atoms with Crippen molar-refractivity contribution in [2.45, 2.75) is 57.5 Å². The molecule has 0 heterocycles. The first kappa shape index (κ1) is 14.8. The van der Waals surface area contributed by atoms with Crippen molar-refractivity contribution >= 4 is 5.97 Å². The van der Waals surface area contributed by atoms with E-state index in [2.05, 4.69) is 5.32 Å². The van der Waals surface area contributed by atoms with Crippen LogP contribution in [0.15, 0.2) is 0 Å². The Morgan fingerprint density at radius 2 is 2.00 bits per heavy atom. The third-order valence-corrected chi connectivity index (χ3v) is 4.42. The second-order valence-corrected chi connectivity index (χ2v) is 6.16. The molecule has 2 N–H and O–H groups in total. The average Bonchev–Trinajstić information content (AvgIpc) is 3.20. The highest BCUT2D eigenvalue weighted by Gasteiger charge is 2.36. The summed E-state index contributed by atoms with van der Waals surface area (Å²) in [7, 11) is 0. The number of carbonyl (C=O) groups excluding carboxylic acids is 1. The zero-order valence-corrected chi connectivity index (χ0v) is 12.0. The van der Waals surface area contributed by atoms with Gasteiger partial charge in [0.2, 0.25) is 0 Å². The molecule has 2 rings (SSSR count). The lowest BCUT2D eigenvalue weighted by Crippen LogP contribution is -2.44. The molecule has 0 amide bonds. The van der Waals surface area contributed by atoms with E-state index in [9.17, 15) is 9.90 Å². The smallest absolute Gasteiger partial charge is 0.308 e. The molecule has 0 aliphatic heterocycles. The summed E-state index contributed by atoms with van der Waals surface area (Å²) in [6.45, 7) is 3.95. The molecule has 0 aromatic carbocycles. The largest absolute Gasteiger partial charge is 0.466 e. The van der Waals surface area contributed by atoms with Gasteiger partial charge in [-0.15, -0.1) is 0 Å². The molecule has 4 nitrogen and oxygen atoms in total. The summed E-state index contributed by atoms with van der Waals surface area (Å²) < 4.78 is 5.05. The molecule has 0 aromatic rings. The van der Waals surface area contributed by atoms with Gasteiger partial charge < -0.3 is 15.2 Å². The highest BCUT2D eigenvalue weighted by Crippen LogP contribution is 2.33. The van der Waals surface area contributed by atoms with E-state index in [0.29, 0.717) is 26.0 Å². The van der Waals surface area contributed by atoms with Crippen molar-refractivity contribution in [1.29, 1.82) is 0 Å². The number of rotatable bonds is 7. The highest BCUT2D eigenvalue weighted by molar-refractivity contribution is 5.72. The molecular formula is C15H27NO3. The molecule has 2 aliphatic carbocycles. The van der Waals surface area contributed by atoms with Crippen LogP contribution in [0.5, 0.6) is 0 Å². The SMILES string of the molecule is CCOC(=O)C1CCC(O)(CNCCC2CC2)CC1. The van der Waals surface area contributed by atoms with Crippen LogP contribution in [0.25, 0.3) is 0 Å². The van der Waals surface area contributed by atoms with Crippen molar-refractivity contribution in [2.75, 3.05) is 19.7 Å². The Morgan fingerprint density at radius 1 is 1.32 bits per heavy atom. The number of hydrogen-bond acceptors (Lipinski definition) is 4. The molecule has 110 valence electrons. The van der Waals surface area contributed by atoms with Gasteiger partial charge in [-0.05, 0) is 51.5 Å². The maximum absolute atomic E-state index is 11.6. The van der Waals surface area contributed by atoms with Gasteiger partial charge in [-0.25, -0.2) is 0 Å². The molecule has 0 aromatic heterocycles. The molecule has 0 spiro atoms. The predicted octanol–water partition coefficient (Wildman–Crippen LogP) is 1.86. The second kappa shape index (κ2) is 6.71. The summed E-state index contributed by atoms with van der Waals surface area (Å²) in [5.74, 6) is 0.833. The minimum Gasteiger partial charge on any atom is -0.466 e. The van der Waals surface area contributed by atoms with Gasteiger partial charge in [0.25, 0.3) is 0 Å². The quantitative estimate of drug-likeness (QED) is 0.547. The summed E-state index contributed by atoms with van der Waals surface area (Å²) in [6.07, 6.45) is 6.90. The van der Waals surface area contributed by atoms with E-state index < -0.39 is 5.60 Å². The summed E-state index contributed by atoms with van der Waals surface area (Å²) in [5, 5.41) is 13.8. The van der Waals surface area contributed by atoms with Crippen LogP contribution < -0.4 is 5.32 Å². The van der Waals surface area contributed by atoms with E-state index in [0.717, 1.165) is 25.3 Å². The van der Waals surface area contributed by atoms with E-state index in [1.165, 1.54) is 19.3 Å². The summed E-state index contributed by atoms with van der Waals surface area (Å²) in [6, 6.07) is 0. The minimum absolute atomic E-state index is 0.00770. The van der Waals surface area contributed by atoms with Gasteiger partial charge in [0.05, 0.1) is 18.1 Å². The van der Waals surface area contributed by atoms with E-state index >= 15 is 0 Å². The molecule has 0 saturated heterocycles. The van der Waals surface area contributed by atoms with Crippen molar-refractivity contribution in [3.8, 4) is 0 Å². The Bertz CT molecular complexity index is 294. The van der Waals surface area contributed by atoms with Crippen LogP contribution in [0.2, 0.25) is 0 Å². The number of hydrogen-bond donors (Lipinski definition) is 2. The van der Waals surface area contributed by atoms with Crippen LogP contribution >= 0.6 is 0 Å². The van der Waals surface area contributed by atoms with Gasteiger partial charge in [0, 0.05) is 6.54 Å². The zero-order valence-electron chi connectivity index (χ0n) is 12.0. The Labute approximate surface area is 115 Å². The third kappa shape index (κ3) is 4.77. The lowest BCUT2D eigenvalue weighted by molar-refractivity contribution is -0.151. The van der Waals surface area contributed by atoms with Crippen molar-refractivity contribution < 1.29 is 14.6 Å². The Morgan fingerprint density at radius 3 is 2.58 bits per heavy atom. The fraction of sp³-hybridized carbons (Fsp3) is 0.933. The molecule has 2 aliphatic rings. The van der Waals surface area contributed by atoms with Crippen LogP contribution in [-0.4, -0.2) is 36.4 Å². The average molecular weight is 269 g/mol. The van der Waals surface area contributed by atoms with Crippen LogP contribution in [-0.2, 0) is 9.53 Å². The molecule has 0 radical (unpaired) electrons. The highest BCUT2D eigenvalue weighted by atomic mass is 16.5. The van der Waals surface area contributed by atoms with E-state index in [1.807, 2.05) is 6.92 Å². The normalized spacial score (nSPS) is 31.2. The van der Waals surface area contributed by atoms with Crippen LogP contribution in [0.4, 0.5) is 0 Å². The zero-order chi connectivity index (χ0) is 13.7. The molecule has 2 saturated carbocycles. The molecule has 0 unspecified atom stereocenters. The van der Waals surface area contributed by atoms with Crippen LogP contribution in [0.3, 0.4) is 0 Å². The molecule has 19 heavy (non-hydrogen) atoms. The van der Waals surface area contributed by atoms with E-state index in [-0.39, 0.29) is 11.9 Å². The predicted molar refractivity (Wildman–Crippen MR) is 73.8 cm³/mol. The second-order valence-electron chi connectivity index (χ2n) is 6.16. The van der Waals surface area contributed by atoms with Gasteiger partial charge in [-0.3, -0.25) is 4.79 Å². The lowest BCUT2D eigenvalue weighted by Gasteiger charge is -2.35. The van der Waals surface area contributed by atoms with Gasteiger partial charge in [0.1, 0.15) is 0 Å². The minimum atomic E-state index is -0.619. The summed E-state index contributed by atoms with van der Waals surface area (Å²) in [4.78, 5) is 11.6. The van der Waals surface area contributed by atoms with Crippen molar-refractivity contribution in [1.82, 2.24) is 5.32 Å². The Hall–Kier alpha value is -0.610. The maximum Gasteiger partial charge on any atom is 0.308 e. The van der Waals surface area contributed by atoms with Crippen LogP contribution in [0, 0.1) is 11.8 Å². The molecule has 0 bridgehead atoms. The fourth-order valence-corrected chi connectivity index (χ4v) is 2.86. The van der Waals surface area contributed by atoms with Crippen LogP contribution in [0.1, 0.15) is 51.9 Å². The standard InChI is InChI=1S/C15H27NO3/c1-2-19-14(17)13-5-8-15(18,9-6-13)11-16-10-7-12-3-4-12/h12-13,16,18H,2-11H2,1H3. The van der Waals surface area contributed by atoms with Gasteiger partial charge in [-0.1, -0.05) is 12.8 Å². The first-order valence-corrected chi connectivity index (χ1v) is 7.73. The van der Waals surface area contributed by atoms with Crippen molar-refractivity contribution in [3.05, 3.63) is 0 Å². The third-order valence-electron chi connectivity index (χ3n) is 4.42. The molecule has 0 atom stereocenters. The number of esters is 1. The first-order valence-electron chi connectivity index (χ1n) is 7.73. The monoisotopic (exact) mass is 269 g/mol. The van der Waals surface area contributed by atoms with Gasteiger partial charge in [-0.2, -0.15) is 0 Å². The summed E-state index contributed by atoms with van der Waals surface area (Å²) >= 11 is 0. The topological polar surface area (TPSA) is 58.6 Å². The molecule has 2 fully saturated rings. The number of nitrogens with one attached hydrogen (secondary N) is 1. The number of carbonyl (C=O) groups is 1. The van der Waals surface area contributed by atoms with Crippen molar-refractivity contribution in [2.24, 2.45) is 11.8 Å². The number of ether oxygens (including phenoxy) is 1. The Kier molecular flexibility index (Phi) is 5.22. The first-order chi connectivity index (χ1) is 9.13. The van der Waals surface area contributed by atoms with E-state index in [1.54, 1.807) is 0 Å². The number of aliphatic hydroxyl groups is 1.